The van der Waals surface area contributed by atoms with Gasteiger partial charge < -0.3 is 5.11 Å². The predicted octanol–water partition coefficient (Wildman–Crippen LogP) is 3.18. The van der Waals surface area contributed by atoms with Crippen LogP contribution in [0.15, 0.2) is 18.2 Å². The third kappa shape index (κ3) is 2.79. The van der Waals surface area contributed by atoms with Crippen LogP contribution in [0.25, 0.3) is 0 Å². The van der Waals surface area contributed by atoms with Crippen LogP contribution >= 0.6 is 0 Å². The number of halogens is 2. The van der Waals surface area contributed by atoms with Crippen molar-refractivity contribution in [1.82, 2.24) is 4.90 Å². The lowest BCUT2D eigenvalue weighted by atomic mass is 9.84. The molecule has 1 aromatic rings. The van der Waals surface area contributed by atoms with E-state index in [0.29, 0.717) is 24.4 Å². The first-order valence-electron chi connectivity index (χ1n) is 7.48. The molecule has 1 heterocycles. The fourth-order valence-corrected chi connectivity index (χ4v) is 3.87. The number of likely N-dealkylation sites (tertiary alicyclic amines) is 1. The van der Waals surface area contributed by atoms with Crippen molar-refractivity contribution in [1.29, 1.82) is 0 Å². The van der Waals surface area contributed by atoms with E-state index in [9.17, 15) is 18.7 Å². The number of aliphatic carboxylic acids is 1. The fraction of sp³-hybridized carbons (Fsp3) is 0.562. The SMILES string of the molecule is O=C(O)C1CC2CCCCC2N1Cc1ccc(F)c(F)c1. The maximum absolute atomic E-state index is 13.3. The lowest BCUT2D eigenvalue weighted by Crippen LogP contribution is -2.41. The van der Waals surface area contributed by atoms with Crippen molar-refractivity contribution in [3.05, 3.63) is 35.4 Å². The van der Waals surface area contributed by atoms with Gasteiger partial charge in [-0.2, -0.15) is 0 Å². The summed E-state index contributed by atoms with van der Waals surface area (Å²) in [4.78, 5) is 13.5. The number of carboxylic acids is 1. The Labute approximate surface area is 122 Å². The molecule has 1 aliphatic carbocycles. The van der Waals surface area contributed by atoms with Gasteiger partial charge in [0.2, 0.25) is 0 Å². The van der Waals surface area contributed by atoms with E-state index in [-0.39, 0.29) is 6.04 Å². The van der Waals surface area contributed by atoms with E-state index >= 15 is 0 Å². The molecule has 1 aromatic carbocycles. The molecule has 0 aromatic heterocycles. The van der Waals surface area contributed by atoms with Gasteiger partial charge in [-0.05, 0) is 42.9 Å². The first-order valence-corrected chi connectivity index (χ1v) is 7.48. The second-order valence-electron chi connectivity index (χ2n) is 6.12. The van der Waals surface area contributed by atoms with Crippen LogP contribution in [-0.4, -0.2) is 28.1 Å². The number of rotatable bonds is 3. The molecule has 5 heteroatoms. The van der Waals surface area contributed by atoms with E-state index in [1.54, 1.807) is 0 Å². The van der Waals surface area contributed by atoms with Gasteiger partial charge in [0.25, 0.3) is 0 Å². The van der Waals surface area contributed by atoms with Crippen LogP contribution in [0, 0.1) is 17.6 Å². The van der Waals surface area contributed by atoms with Gasteiger partial charge in [0, 0.05) is 12.6 Å². The van der Waals surface area contributed by atoms with Crippen LogP contribution in [0.1, 0.15) is 37.7 Å². The molecule has 0 bridgehead atoms. The number of benzene rings is 1. The molecule has 0 spiro atoms. The van der Waals surface area contributed by atoms with Crippen LogP contribution in [0.4, 0.5) is 8.78 Å². The average molecular weight is 295 g/mol. The molecular formula is C16H19F2NO2. The maximum atomic E-state index is 13.3. The molecule has 2 fully saturated rings. The van der Waals surface area contributed by atoms with Crippen molar-refractivity contribution < 1.29 is 18.7 Å². The van der Waals surface area contributed by atoms with Crippen molar-refractivity contribution >= 4 is 5.97 Å². The van der Waals surface area contributed by atoms with E-state index in [0.717, 1.165) is 31.7 Å². The number of fused-ring (bicyclic) bond motifs is 1. The Morgan fingerprint density at radius 3 is 2.71 bits per heavy atom. The minimum Gasteiger partial charge on any atom is -0.480 e. The molecule has 0 radical (unpaired) electrons. The zero-order chi connectivity index (χ0) is 15.0. The van der Waals surface area contributed by atoms with Crippen LogP contribution in [0.2, 0.25) is 0 Å². The highest BCUT2D eigenvalue weighted by molar-refractivity contribution is 5.74. The zero-order valence-electron chi connectivity index (χ0n) is 11.8. The Balaban J connectivity index is 1.82. The fourth-order valence-electron chi connectivity index (χ4n) is 3.87. The summed E-state index contributed by atoms with van der Waals surface area (Å²) >= 11 is 0. The largest absolute Gasteiger partial charge is 0.480 e. The van der Waals surface area contributed by atoms with Crippen LogP contribution in [-0.2, 0) is 11.3 Å². The quantitative estimate of drug-likeness (QED) is 0.931. The predicted molar refractivity (Wildman–Crippen MR) is 73.7 cm³/mol. The molecule has 114 valence electrons. The van der Waals surface area contributed by atoms with Gasteiger partial charge in [-0.25, -0.2) is 8.78 Å². The Kier molecular flexibility index (Phi) is 3.93. The average Bonchev–Trinajstić information content (AvgIpc) is 2.82. The highest BCUT2D eigenvalue weighted by atomic mass is 19.2. The minimum absolute atomic E-state index is 0.257. The molecular weight excluding hydrogens is 276 g/mol. The summed E-state index contributed by atoms with van der Waals surface area (Å²) in [6, 6.07) is 3.56. The highest BCUT2D eigenvalue weighted by Crippen LogP contribution is 2.40. The van der Waals surface area contributed by atoms with Crippen molar-refractivity contribution in [2.24, 2.45) is 5.92 Å². The Bertz CT molecular complexity index is 549. The molecule has 2 aliphatic rings. The smallest absolute Gasteiger partial charge is 0.320 e. The summed E-state index contributed by atoms with van der Waals surface area (Å²) in [6.07, 6.45) is 5.01. The first kappa shape index (κ1) is 14.4. The summed E-state index contributed by atoms with van der Waals surface area (Å²) in [6.45, 7) is 0.370. The van der Waals surface area contributed by atoms with Crippen molar-refractivity contribution in [2.45, 2.75) is 50.7 Å². The molecule has 1 N–H and O–H groups in total. The summed E-state index contributed by atoms with van der Waals surface area (Å²) in [5, 5.41) is 9.43. The van der Waals surface area contributed by atoms with Crippen LogP contribution in [0.3, 0.4) is 0 Å². The van der Waals surface area contributed by atoms with Crippen molar-refractivity contribution in [3.63, 3.8) is 0 Å². The number of hydrogen-bond donors (Lipinski definition) is 1. The number of hydrogen-bond acceptors (Lipinski definition) is 2. The Morgan fingerprint density at radius 2 is 2.00 bits per heavy atom. The maximum Gasteiger partial charge on any atom is 0.320 e. The zero-order valence-corrected chi connectivity index (χ0v) is 11.8. The topological polar surface area (TPSA) is 40.5 Å². The second-order valence-corrected chi connectivity index (χ2v) is 6.12. The van der Waals surface area contributed by atoms with Gasteiger partial charge >= 0.3 is 5.97 Å². The first-order chi connectivity index (χ1) is 10.1. The van der Waals surface area contributed by atoms with Crippen LogP contribution in [0.5, 0.6) is 0 Å². The molecule has 3 atom stereocenters. The van der Waals surface area contributed by atoms with Crippen LogP contribution < -0.4 is 0 Å². The number of nitrogens with zero attached hydrogens (tertiary/aromatic N) is 1. The third-order valence-electron chi connectivity index (χ3n) is 4.86. The summed E-state index contributed by atoms with van der Waals surface area (Å²) in [5.74, 6) is -2.14. The minimum atomic E-state index is -0.876. The molecule has 1 saturated carbocycles. The third-order valence-corrected chi connectivity index (χ3v) is 4.86. The molecule has 3 nitrogen and oxygen atoms in total. The monoisotopic (exact) mass is 295 g/mol. The number of carboxylic acid groups (broad SMARTS) is 1. The van der Waals surface area contributed by atoms with Gasteiger partial charge in [0.1, 0.15) is 6.04 Å². The summed E-state index contributed by atoms with van der Waals surface area (Å²) in [7, 11) is 0. The number of carbonyl (C=O) groups is 1. The van der Waals surface area contributed by atoms with Crippen molar-refractivity contribution in [2.75, 3.05) is 0 Å². The summed E-state index contributed by atoms with van der Waals surface area (Å²) < 4.78 is 26.3. The van der Waals surface area contributed by atoms with Gasteiger partial charge in [0.15, 0.2) is 11.6 Å². The van der Waals surface area contributed by atoms with Crippen molar-refractivity contribution in [3.8, 4) is 0 Å². The molecule has 21 heavy (non-hydrogen) atoms. The lowest BCUT2D eigenvalue weighted by molar-refractivity contribution is -0.142. The van der Waals surface area contributed by atoms with E-state index in [2.05, 4.69) is 0 Å². The van der Waals surface area contributed by atoms with E-state index in [1.807, 2.05) is 4.90 Å². The molecule has 3 unspecified atom stereocenters. The molecule has 1 aliphatic heterocycles. The van der Waals surface area contributed by atoms with Gasteiger partial charge in [0.05, 0.1) is 0 Å². The van der Waals surface area contributed by atoms with Gasteiger partial charge in [-0.1, -0.05) is 18.9 Å². The summed E-state index contributed by atoms with van der Waals surface area (Å²) in [5.41, 5.74) is 0.631. The molecule has 3 rings (SSSR count). The lowest BCUT2D eigenvalue weighted by Gasteiger charge is -2.33. The second kappa shape index (κ2) is 5.72. The van der Waals surface area contributed by atoms with Gasteiger partial charge in [-0.15, -0.1) is 0 Å². The highest BCUT2D eigenvalue weighted by Gasteiger charge is 2.44. The van der Waals surface area contributed by atoms with E-state index < -0.39 is 23.6 Å². The Morgan fingerprint density at radius 1 is 1.24 bits per heavy atom. The van der Waals surface area contributed by atoms with E-state index in [1.165, 1.54) is 12.1 Å². The van der Waals surface area contributed by atoms with E-state index in [4.69, 9.17) is 0 Å². The Hall–Kier alpha value is -1.49. The molecule has 1 saturated heterocycles. The standard InChI is InChI=1S/C16H19F2NO2/c17-12-6-5-10(7-13(12)18)9-19-14-4-2-1-3-11(14)8-15(19)16(20)21/h5-7,11,14-15H,1-4,8-9H2,(H,20,21). The van der Waals surface area contributed by atoms with Gasteiger partial charge in [-0.3, -0.25) is 9.69 Å². The molecule has 0 amide bonds. The normalized spacial score (nSPS) is 29.3.